The van der Waals surface area contributed by atoms with Gasteiger partial charge in [0.05, 0.1) is 17.8 Å². The molecule has 3 heterocycles. The minimum absolute atomic E-state index is 0.0521. The van der Waals surface area contributed by atoms with E-state index in [1.807, 2.05) is 60.7 Å². The predicted molar refractivity (Wildman–Crippen MR) is 165 cm³/mol. The van der Waals surface area contributed by atoms with Crippen molar-refractivity contribution in [2.75, 3.05) is 11.9 Å². The van der Waals surface area contributed by atoms with E-state index in [2.05, 4.69) is 75.5 Å². The van der Waals surface area contributed by atoms with E-state index in [1.54, 1.807) is 6.20 Å². The Morgan fingerprint density at radius 2 is 1.77 bits per heavy atom. The summed E-state index contributed by atoms with van der Waals surface area (Å²) in [6, 6.07) is 30.3. The topological polar surface area (TPSA) is 62.2 Å². The van der Waals surface area contributed by atoms with Crippen LogP contribution in [-0.4, -0.2) is 32.0 Å². The number of carbonyl (C=O) groups excluding carboxylic acids is 1. The van der Waals surface area contributed by atoms with Crippen LogP contribution in [0.15, 0.2) is 103 Å². The van der Waals surface area contributed by atoms with Crippen molar-refractivity contribution in [2.45, 2.75) is 32.4 Å². The van der Waals surface area contributed by atoms with Gasteiger partial charge in [0.25, 0.3) is 0 Å². The number of amides is 1. The maximum atomic E-state index is 13.2. The van der Waals surface area contributed by atoms with E-state index in [0.717, 1.165) is 33.5 Å². The van der Waals surface area contributed by atoms with Gasteiger partial charge in [-0.15, -0.1) is 0 Å². The molecule has 5 aromatic rings. The second-order valence-electron chi connectivity index (χ2n) is 10.2. The van der Waals surface area contributed by atoms with Crippen molar-refractivity contribution in [3.63, 3.8) is 0 Å². The molecule has 3 aromatic carbocycles. The molecule has 1 fully saturated rings. The molecule has 200 valence electrons. The minimum atomic E-state index is -0.157. The van der Waals surface area contributed by atoms with Gasteiger partial charge >= 0.3 is 0 Å². The zero-order chi connectivity index (χ0) is 27.6. The molecule has 1 amide bonds. The summed E-state index contributed by atoms with van der Waals surface area (Å²) in [5, 5.41) is 9.36. The zero-order valence-corrected chi connectivity index (χ0v) is 23.4. The van der Waals surface area contributed by atoms with Crippen LogP contribution in [-0.2, 0) is 4.79 Å². The molecule has 0 radical (unpaired) electrons. The molecule has 2 atom stereocenters. The maximum absolute atomic E-state index is 13.2. The highest BCUT2D eigenvalue weighted by atomic mass is 32.1. The van der Waals surface area contributed by atoms with Crippen LogP contribution in [0.25, 0.3) is 16.5 Å². The van der Waals surface area contributed by atoms with Crippen LogP contribution in [0.2, 0.25) is 0 Å². The Morgan fingerprint density at radius 3 is 2.60 bits per heavy atom. The monoisotopic (exact) mass is 545 g/mol. The summed E-state index contributed by atoms with van der Waals surface area (Å²) in [5.74, 6) is -0.0521. The Hall–Kier alpha value is -4.49. The number of aromatic nitrogens is 2. The van der Waals surface area contributed by atoms with E-state index in [1.165, 1.54) is 11.1 Å². The molecule has 1 saturated heterocycles. The lowest BCUT2D eigenvalue weighted by molar-refractivity contribution is -0.116. The van der Waals surface area contributed by atoms with Gasteiger partial charge in [0.15, 0.2) is 5.11 Å². The molecule has 2 N–H and O–H groups in total. The standard InChI is InChI=1S/C33H31N5OS/c1-22-15-16-25(21-23(22)2)37-19-8-14-29(37)32-31(28-12-5-6-18-34-28)36-33(40)38(32)20-17-30(39)35-27-13-7-10-24-9-3-4-11-26(24)27/h3-16,18-19,21,31-32H,17,20H2,1-2H3,(H,35,39)(H,36,40)/t31-,32+/m0/s1. The van der Waals surface area contributed by atoms with Crippen molar-refractivity contribution in [3.05, 3.63) is 126 Å². The lowest BCUT2D eigenvalue weighted by atomic mass is 10.0. The minimum Gasteiger partial charge on any atom is -0.352 e. The van der Waals surface area contributed by atoms with Crippen molar-refractivity contribution in [1.29, 1.82) is 0 Å². The van der Waals surface area contributed by atoms with E-state index in [-0.39, 0.29) is 18.0 Å². The van der Waals surface area contributed by atoms with Gasteiger partial charge in [0.2, 0.25) is 5.91 Å². The summed E-state index contributed by atoms with van der Waals surface area (Å²) in [5.41, 5.74) is 6.39. The predicted octanol–water partition coefficient (Wildman–Crippen LogP) is 6.64. The molecule has 7 heteroatoms. The summed E-state index contributed by atoms with van der Waals surface area (Å²) >= 11 is 5.86. The van der Waals surface area contributed by atoms with Gasteiger partial charge < -0.3 is 20.1 Å². The summed E-state index contributed by atoms with van der Waals surface area (Å²) in [6.45, 7) is 4.72. The zero-order valence-electron chi connectivity index (χ0n) is 22.5. The number of benzene rings is 3. The first-order valence-corrected chi connectivity index (χ1v) is 13.9. The van der Waals surface area contributed by atoms with Gasteiger partial charge in [-0.2, -0.15) is 0 Å². The second-order valence-corrected chi connectivity index (χ2v) is 10.6. The average Bonchev–Trinajstić information content (AvgIpc) is 3.58. The number of hydrogen-bond acceptors (Lipinski definition) is 3. The van der Waals surface area contributed by atoms with Crippen molar-refractivity contribution in [3.8, 4) is 5.69 Å². The van der Waals surface area contributed by atoms with Crippen molar-refractivity contribution in [1.82, 2.24) is 19.8 Å². The number of rotatable bonds is 7. The van der Waals surface area contributed by atoms with Gasteiger partial charge in [-0.3, -0.25) is 9.78 Å². The fraction of sp³-hybridized carbons (Fsp3) is 0.182. The molecule has 1 aliphatic heterocycles. The first-order valence-electron chi connectivity index (χ1n) is 13.5. The smallest absolute Gasteiger partial charge is 0.226 e. The van der Waals surface area contributed by atoms with Crippen molar-refractivity contribution < 1.29 is 4.79 Å². The van der Waals surface area contributed by atoms with E-state index in [0.29, 0.717) is 18.1 Å². The van der Waals surface area contributed by atoms with E-state index < -0.39 is 0 Å². The molecule has 0 aliphatic carbocycles. The number of hydrogen-bond donors (Lipinski definition) is 2. The van der Waals surface area contributed by atoms with Crippen molar-refractivity contribution >= 4 is 39.7 Å². The maximum Gasteiger partial charge on any atom is 0.226 e. The molecule has 6 nitrogen and oxygen atoms in total. The Bertz CT molecular complexity index is 1690. The number of anilines is 1. The Labute approximate surface area is 239 Å². The fourth-order valence-electron chi connectivity index (χ4n) is 5.48. The summed E-state index contributed by atoms with van der Waals surface area (Å²) in [4.78, 5) is 20.0. The van der Waals surface area contributed by atoms with E-state index in [9.17, 15) is 4.79 Å². The molecule has 0 saturated carbocycles. The SMILES string of the molecule is Cc1ccc(-n2cccc2[C@@H]2[C@H](c3ccccn3)NC(=S)N2CCC(=O)Nc2cccc3ccccc23)cc1C. The number of aryl methyl sites for hydroxylation is 2. The lowest BCUT2D eigenvalue weighted by Crippen LogP contribution is -2.33. The highest BCUT2D eigenvalue weighted by Gasteiger charge is 2.41. The Morgan fingerprint density at radius 1 is 0.950 bits per heavy atom. The second kappa shape index (κ2) is 10.9. The lowest BCUT2D eigenvalue weighted by Gasteiger charge is -2.29. The molecule has 1 aliphatic rings. The van der Waals surface area contributed by atoms with Crippen LogP contribution in [0.5, 0.6) is 0 Å². The van der Waals surface area contributed by atoms with Crippen LogP contribution in [0.1, 0.15) is 41.0 Å². The Balaban J connectivity index is 1.30. The molecule has 6 rings (SSSR count). The molecule has 40 heavy (non-hydrogen) atoms. The van der Waals surface area contributed by atoms with Crippen LogP contribution >= 0.6 is 12.2 Å². The van der Waals surface area contributed by atoms with E-state index in [4.69, 9.17) is 12.2 Å². The third kappa shape index (κ3) is 4.96. The molecular formula is C33H31N5OS. The van der Waals surface area contributed by atoms with E-state index >= 15 is 0 Å². The molecule has 0 bridgehead atoms. The van der Waals surface area contributed by atoms with Gasteiger partial charge in [0.1, 0.15) is 0 Å². The molecule has 0 spiro atoms. The number of pyridine rings is 1. The third-order valence-electron chi connectivity index (χ3n) is 7.69. The van der Waals surface area contributed by atoms with Gasteiger partial charge in [0, 0.05) is 47.8 Å². The summed E-state index contributed by atoms with van der Waals surface area (Å²) in [6.07, 6.45) is 4.18. The number of fused-ring (bicyclic) bond motifs is 1. The normalized spacial score (nSPS) is 16.8. The quantitative estimate of drug-likeness (QED) is 0.225. The third-order valence-corrected chi connectivity index (χ3v) is 8.05. The average molecular weight is 546 g/mol. The van der Waals surface area contributed by atoms with Gasteiger partial charge in [-0.25, -0.2) is 0 Å². The Kier molecular flexibility index (Phi) is 7.05. The fourth-order valence-corrected chi connectivity index (χ4v) is 5.81. The molecule has 0 unspecified atom stereocenters. The van der Waals surface area contributed by atoms with Crippen LogP contribution in [0, 0.1) is 13.8 Å². The van der Waals surface area contributed by atoms with Crippen LogP contribution in [0.3, 0.4) is 0 Å². The van der Waals surface area contributed by atoms with Crippen molar-refractivity contribution in [2.24, 2.45) is 0 Å². The highest BCUT2D eigenvalue weighted by molar-refractivity contribution is 7.80. The summed E-state index contributed by atoms with van der Waals surface area (Å²) < 4.78 is 2.21. The largest absolute Gasteiger partial charge is 0.352 e. The molecular weight excluding hydrogens is 514 g/mol. The number of nitrogens with zero attached hydrogens (tertiary/aromatic N) is 3. The summed E-state index contributed by atoms with van der Waals surface area (Å²) in [7, 11) is 0. The molecule has 2 aromatic heterocycles. The first kappa shape index (κ1) is 25.8. The first-order chi connectivity index (χ1) is 19.5. The highest BCUT2D eigenvalue weighted by Crippen LogP contribution is 2.39. The van der Waals surface area contributed by atoms with Gasteiger partial charge in [-0.1, -0.05) is 48.5 Å². The van der Waals surface area contributed by atoms with Gasteiger partial charge in [-0.05, 0) is 85.0 Å². The van der Waals surface area contributed by atoms with Crippen LogP contribution < -0.4 is 10.6 Å². The number of carbonyl (C=O) groups is 1. The van der Waals surface area contributed by atoms with Crippen LogP contribution in [0.4, 0.5) is 5.69 Å². The number of thiocarbonyl (C=S) groups is 1. The number of nitrogens with one attached hydrogen (secondary N) is 2.